The largest absolute Gasteiger partial charge is 0.487 e. The smallest absolute Gasteiger partial charge is 0.357 e. The monoisotopic (exact) mass is 330 g/mol. The third-order valence-electron chi connectivity index (χ3n) is 4.62. The number of fused-ring (bicyclic) bond motifs is 1. The normalized spacial score (nSPS) is 21.8. The molecule has 1 unspecified atom stereocenters. The average molecular weight is 330 g/mol. The topological polar surface area (TPSA) is 93.8 Å². The van der Waals surface area contributed by atoms with Crippen LogP contribution in [0.3, 0.4) is 0 Å². The molecule has 1 atom stereocenters. The Kier molecular flexibility index (Phi) is 3.65. The molecule has 1 aromatic carbocycles. The first-order chi connectivity index (χ1) is 11.7. The van der Waals surface area contributed by atoms with Gasteiger partial charge < -0.3 is 24.3 Å². The summed E-state index contributed by atoms with van der Waals surface area (Å²) < 4.78 is 17.0. The Bertz CT molecular complexity index is 751. The van der Waals surface area contributed by atoms with Crippen LogP contribution in [0.1, 0.15) is 41.4 Å². The highest BCUT2D eigenvalue weighted by atomic mass is 16.5. The fraction of sp³-hybridized carbons (Fsp3) is 0.412. The van der Waals surface area contributed by atoms with E-state index in [0.717, 1.165) is 36.8 Å². The lowest BCUT2D eigenvalue weighted by atomic mass is 9.82. The van der Waals surface area contributed by atoms with Crippen LogP contribution in [-0.4, -0.2) is 34.9 Å². The highest BCUT2D eigenvalue weighted by Gasteiger charge is 2.42. The van der Waals surface area contributed by atoms with E-state index in [1.165, 1.54) is 0 Å². The molecule has 0 saturated carbocycles. The number of ether oxygens (including phenoxy) is 2. The van der Waals surface area contributed by atoms with Crippen LogP contribution in [0.4, 0.5) is 6.01 Å². The molecule has 126 valence electrons. The van der Waals surface area contributed by atoms with Gasteiger partial charge in [0.15, 0.2) is 5.69 Å². The SMILES string of the molecule is O=C(O)c1coc(NC2CC3(CCOCC3)Oc3ccccc32)n1. The zero-order valence-electron chi connectivity index (χ0n) is 13.0. The third-order valence-corrected chi connectivity index (χ3v) is 4.62. The van der Waals surface area contributed by atoms with Crippen molar-refractivity contribution in [3.8, 4) is 5.75 Å². The van der Waals surface area contributed by atoms with Crippen molar-refractivity contribution in [2.24, 2.45) is 0 Å². The number of benzene rings is 1. The second-order valence-electron chi connectivity index (χ2n) is 6.18. The van der Waals surface area contributed by atoms with Gasteiger partial charge in [-0.25, -0.2) is 4.79 Å². The van der Waals surface area contributed by atoms with Crippen molar-refractivity contribution in [2.75, 3.05) is 18.5 Å². The summed E-state index contributed by atoms with van der Waals surface area (Å²) >= 11 is 0. The van der Waals surface area contributed by atoms with Crippen LogP contribution in [0, 0.1) is 0 Å². The second-order valence-corrected chi connectivity index (χ2v) is 6.18. The number of aromatic nitrogens is 1. The molecule has 2 N–H and O–H groups in total. The van der Waals surface area contributed by atoms with Crippen molar-refractivity contribution in [1.29, 1.82) is 0 Å². The van der Waals surface area contributed by atoms with Crippen molar-refractivity contribution >= 4 is 12.0 Å². The molecule has 0 radical (unpaired) electrons. The summed E-state index contributed by atoms with van der Waals surface area (Å²) in [5, 5.41) is 12.2. The van der Waals surface area contributed by atoms with E-state index in [4.69, 9.17) is 19.0 Å². The number of carbonyl (C=O) groups is 1. The van der Waals surface area contributed by atoms with E-state index in [9.17, 15) is 4.79 Å². The Morgan fingerprint density at radius 3 is 2.83 bits per heavy atom. The summed E-state index contributed by atoms with van der Waals surface area (Å²) in [6.45, 7) is 1.36. The molecule has 2 aliphatic heterocycles. The van der Waals surface area contributed by atoms with Crippen LogP contribution in [0.25, 0.3) is 0 Å². The Labute approximate surface area is 138 Å². The molecule has 0 bridgehead atoms. The first-order valence-corrected chi connectivity index (χ1v) is 7.96. The van der Waals surface area contributed by atoms with Crippen molar-refractivity contribution in [3.63, 3.8) is 0 Å². The molecule has 1 fully saturated rings. The second kappa shape index (κ2) is 5.83. The summed E-state index contributed by atoms with van der Waals surface area (Å²) in [6.07, 6.45) is 3.54. The van der Waals surface area contributed by atoms with E-state index in [2.05, 4.69) is 10.3 Å². The van der Waals surface area contributed by atoms with Crippen LogP contribution in [0.15, 0.2) is 34.9 Å². The zero-order valence-corrected chi connectivity index (χ0v) is 13.0. The number of para-hydroxylation sites is 1. The van der Waals surface area contributed by atoms with E-state index in [0.29, 0.717) is 13.2 Å². The standard InChI is InChI=1S/C17H18N2O5/c20-15(21)13-10-23-16(19-13)18-12-9-17(5-7-22-8-6-17)24-14-4-2-1-3-11(12)14/h1-4,10,12H,5-9H2,(H,18,19)(H,20,21). The number of nitrogens with zero attached hydrogens (tertiary/aromatic N) is 1. The summed E-state index contributed by atoms with van der Waals surface area (Å²) in [4.78, 5) is 14.9. The van der Waals surface area contributed by atoms with E-state index in [1.807, 2.05) is 24.3 Å². The summed E-state index contributed by atoms with van der Waals surface area (Å²) in [5.74, 6) is -0.270. The summed E-state index contributed by atoms with van der Waals surface area (Å²) in [6, 6.07) is 8.00. The number of nitrogens with one attached hydrogen (secondary N) is 1. The molecule has 0 aliphatic carbocycles. The number of rotatable bonds is 3. The maximum Gasteiger partial charge on any atom is 0.357 e. The lowest BCUT2D eigenvalue weighted by Gasteiger charge is -2.44. The predicted octanol–water partition coefficient (Wildman–Crippen LogP) is 2.86. The first-order valence-electron chi connectivity index (χ1n) is 7.96. The third kappa shape index (κ3) is 2.71. The predicted molar refractivity (Wildman–Crippen MR) is 84.3 cm³/mol. The minimum atomic E-state index is -1.11. The van der Waals surface area contributed by atoms with Crippen molar-refractivity contribution < 1.29 is 23.8 Å². The molecule has 1 aromatic heterocycles. The van der Waals surface area contributed by atoms with Gasteiger partial charge in [0, 0.05) is 24.8 Å². The maximum absolute atomic E-state index is 11.0. The Balaban J connectivity index is 1.63. The van der Waals surface area contributed by atoms with E-state index < -0.39 is 5.97 Å². The number of anilines is 1. The highest BCUT2D eigenvalue weighted by Crippen LogP contribution is 2.45. The van der Waals surface area contributed by atoms with Crippen LogP contribution < -0.4 is 10.1 Å². The summed E-state index contributed by atoms with van der Waals surface area (Å²) in [5.41, 5.74) is 0.635. The van der Waals surface area contributed by atoms with Gasteiger partial charge >= 0.3 is 5.97 Å². The number of carboxylic acid groups (broad SMARTS) is 1. The van der Waals surface area contributed by atoms with Gasteiger partial charge in [-0.2, -0.15) is 4.98 Å². The molecule has 1 saturated heterocycles. The van der Waals surface area contributed by atoms with E-state index >= 15 is 0 Å². The molecule has 1 spiro atoms. The van der Waals surface area contributed by atoms with Gasteiger partial charge in [0.25, 0.3) is 6.01 Å². The Morgan fingerprint density at radius 1 is 1.29 bits per heavy atom. The molecule has 24 heavy (non-hydrogen) atoms. The van der Waals surface area contributed by atoms with Crippen LogP contribution in [-0.2, 0) is 4.74 Å². The van der Waals surface area contributed by atoms with Gasteiger partial charge in [0.2, 0.25) is 0 Å². The first kappa shape index (κ1) is 15.0. The molecule has 7 heteroatoms. The Hall–Kier alpha value is -2.54. The Morgan fingerprint density at radius 2 is 2.08 bits per heavy atom. The van der Waals surface area contributed by atoms with E-state index in [-0.39, 0.29) is 23.4 Å². The molecule has 2 aliphatic rings. The molecule has 0 amide bonds. The average Bonchev–Trinajstić information content (AvgIpc) is 3.04. The number of oxazole rings is 1. The molecular weight excluding hydrogens is 312 g/mol. The highest BCUT2D eigenvalue weighted by molar-refractivity contribution is 5.85. The fourth-order valence-corrected chi connectivity index (χ4v) is 3.38. The van der Waals surface area contributed by atoms with E-state index in [1.54, 1.807) is 0 Å². The molecule has 3 heterocycles. The zero-order chi connectivity index (χ0) is 16.6. The maximum atomic E-state index is 11.0. The van der Waals surface area contributed by atoms with Gasteiger partial charge in [-0.1, -0.05) is 18.2 Å². The lowest BCUT2D eigenvalue weighted by Crippen LogP contribution is -2.46. The summed E-state index contributed by atoms with van der Waals surface area (Å²) in [7, 11) is 0. The number of aromatic carboxylic acids is 1. The minimum absolute atomic E-state index is 0.0617. The fourth-order valence-electron chi connectivity index (χ4n) is 3.38. The van der Waals surface area contributed by atoms with Gasteiger partial charge in [-0.05, 0) is 6.07 Å². The van der Waals surface area contributed by atoms with Crippen molar-refractivity contribution in [2.45, 2.75) is 30.9 Å². The number of hydrogen-bond donors (Lipinski definition) is 2. The number of carboxylic acids is 1. The molecule has 2 aromatic rings. The number of hydrogen-bond acceptors (Lipinski definition) is 6. The van der Waals surface area contributed by atoms with Crippen LogP contribution in [0.2, 0.25) is 0 Å². The van der Waals surface area contributed by atoms with Crippen molar-refractivity contribution in [1.82, 2.24) is 4.98 Å². The minimum Gasteiger partial charge on any atom is -0.487 e. The molecule has 4 rings (SSSR count). The van der Waals surface area contributed by atoms with Crippen LogP contribution >= 0.6 is 0 Å². The van der Waals surface area contributed by atoms with Gasteiger partial charge in [-0.15, -0.1) is 0 Å². The van der Waals surface area contributed by atoms with Crippen molar-refractivity contribution in [3.05, 3.63) is 41.8 Å². The van der Waals surface area contributed by atoms with Gasteiger partial charge in [0.05, 0.1) is 19.3 Å². The van der Waals surface area contributed by atoms with Gasteiger partial charge in [-0.3, -0.25) is 0 Å². The lowest BCUT2D eigenvalue weighted by molar-refractivity contribution is -0.0609. The molecular formula is C17H18N2O5. The van der Waals surface area contributed by atoms with Gasteiger partial charge in [0.1, 0.15) is 17.6 Å². The molecule has 7 nitrogen and oxygen atoms in total. The van der Waals surface area contributed by atoms with Crippen LogP contribution in [0.5, 0.6) is 5.75 Å². The quantitative estimate of drug-likeness (QED) is 0.893.